The van der Waals surface area contributed by atoms with Crippen molar-refractivity contribution >= 4 is 9.84 Å². The summed E-state index contributed by atoms with van der Waals surface area (Å²) >= 11 is 0. The van der Waals surface area contributed by atoms with Gasteiger partial charge in [-0.1, -0.05) is 12.8 Å². The van der Waals surface area contributed by atoms with E-state index in [1.165, 1.54) is 25.7 Å². The highest BCUT2D eigenvalue weighted by Crippen LogP contribution is 2.21. The molecule has 1 aliphatic heterocycles. The summed E-state index contributed by atoms with van der Waals surface area (Å²) in [7, 11) is -2.74. The van der Waals surface area contributed by atoms with E-state index in [0.29, 0.717) is 18.3 Å². The first kappa shape index (κ1) is 10.4. The molecule has 0 spiro atoms. The second-order valence-electron chi connectivity index (χ2n) is 4.52. The van der Waals surface area contributed by atoms with Crippen molar-refractivity contribution in [1.82, 2.24) is 5.32 Å². The molecule has 1 atom stereocenters. The van der Waals surface area contributed by atoms with E-state index in [4.69, 9.17) is 0 Å². The molecular weight excluding hydrogens is 198 g/mol. The zero-order valence-electron chi connectivity index (χ0n) is 8.54. The van der Waals surface area contributed by atoms with Crippen LogP contribution in [0.5, 0.6) is 0 Å². The molecule has 1 unspecified atom stereocenters. The summed E-state index contributed by atoms with van der Waals surface area (Å²) < 4.78 is 23.1. The fourth-order valence-corrected chi connectivity index (χ4v) is 4.29. The summed E-state index contributed by atoms with van der Waals surface area (Å²) in [6.45, 7) is 0.688. The Bertz CT molecular complexity index is 280. The highest BCUT2D eigenvalue weighted by Gasteiger charge is 2.31. The van der Waals surface area contributed by atoms with Crippen LogP contribution in [0.1, 0.15) is 38.5 Å². The van der Waals surface area contributed by atoms with Gasteiger partial charge in [0, 0.05) is 12.6 Å². The van der Waals surface area contributed by atoms with E-state index in [2.05, 4.69) is 5.32 Å². The number of rotatable bonds is 3. The summed E-state index contributed by atoms with van der Waals surface area (Å²) in [6, 6.07) is 0.589. The summed E-state index contributed by atoms with van der Waals surface area (Å²) in [5.74, 6) is 0.407. The van der Waals surface area contributed by atoms with Gasteiger partial charge < -0.3 is 5.32 Å². The van der Waals surface area contributed by atoms with E-state index < -0.39 is 9.84 Å². The Morgan fingerprint density at radius 2 is 1.79 bits per heavy atom. The monoisotopic (exact) mass is 217 g/mol. The number of hydrogen-bond donors (Lipinski definition) is 1. The van der Waals surface area contributed by atoms with Gasteiger partial charge in [-0.2, -0.15) is 0 Å². The molecule has 1 saturated heterocycles. The maximum Gasteiger partial charge on any atom is 0.154 e. The molecule has 0 amide bonds. The Morgan fingerprint density at radius 1 is 1.07 bits per heavy atom. The molecule has 4 heteroatoms. The van der Waals surface area contributed by atoms with Gasteiger partial charge in [-0.05, 0) is 25.7 Å². The molecule has 2 rings (SSSR count). The van der Waals surface area contributed by atoms with Crippen molar-refractivity contribution < 1.29 is 8.42 Å². The zero-order chi connectivity index (χ0) is 10.0. The molecule has 2 fully saturated rings. The summed E-state index contributed by atoms with van der Waals surface area (Å²) in [6.07, 6.45) is 6.78. The lowest BCUT2D eigenvalue weighted by molar-refractivity contribution is 0.506. The molecule has 0 aromatic carbocycles. The van der Waals surface area contributed by atoms with Crippen LogP contribution in [0, 0.1) is 0 Å². The zero-order valence-corrected chi connectivity index (χ0v) is 9.35. The standard InChI is InChI=1S/C10H19NO2S/c12-14(13)7-3-6-10(14)8-11-9-4-1-2-5-9/h9-11H,1-8H2. The van der Waals surface area contributed by atoms with Gasteiger partial charge in [0.15, 0.2) is 9.84 Å². The number of nitrogens with one attached hydrogen (secondary N) is 1. The highest BCUT2D eigenvalue weighted by molar-refractivity contribution is 7.92. The van der Waals surface area contributed by atoms with Gasteiger partial charge in [0.1, 0.15) is 0 Å². The van der Waals surface area contributed by atoms with Crippen molar-refractivity contribution in [3.63, 3.8) is 0 Å². The lowest BCUT2D eigenvalue weighted by Crippen LogP contribution is -2.36. The predicted octanol–water partition coefficient (Wildman–Crippen LogP) is 1.10. The quantitative estimate of drug-likeness (QED) is 0.770. The van der Waals surface area contributed by atoms with Crippen LogP contribution >= 0.6 is 0 Å². The first-order valence-corrected chi connectivity index (χ1v) is 7.35. The van der Waals surface area contributed by atoms with Crippen molar-refractivity contribution in [1.29, 1.82) is 0 Å². The van der Waals surface area contributed by atoms with Gasteiger partial charge in [-0.3, -0.25) is 0 Å². The fraction of sp³-hybridized carbons (Fsp3) is 1.00. The average molecular weight is 217 g/mol. The molecule has 0 bridgehead atoms. The Morgan fingerprint density at radius 3 is 2.36 bits per heavy atom. The van der Waals surface area contributed by atoms with Gasteiger partial charge in [0.05, 0.1) is 11.0 Å². The van der Waals surface area contributed by atoms with Crippen LogP contribution in [0.4, 0.5) is 0 Å². The Labute approximate surface area is 86.2 Å². The van der Waals surface area contributed by atoms with E-state index in [0.717, 1.165) is 12.8 Å². The van der Waals surface area contributed by atoms with E-state index in [1.54, 1.807) is 0 Å². The minimum Gasteiger partial charge on any atom is -0.313 e. The van der Waals surface area contributed by atoms with E-state index >= 15 is 0 Å². The van der Waals surface area contributed by atoms with Gasteiger partial charge in [0.2, 0.25) is 0 Å². The lowest BCUT2D eigenvalue weighted by Gasteiger charge is -2.15. The average Bonchev–Trinajstić information content (AvgIpc) is 2.71. The molecular formula is C10H19NO2S. The third kappa shape index (κ3) is 2.28. The minimum atomic E-state index is -2.74. The normalized spacial score (nSPS) is 32.4. The minimum absolute atomic E-state index is 0.0944. The van der Waals surface area contributed by atoms with Crippen molar-refractivity contribution in [3.05, 3.63) is 0 Å². The predicted molar refractivity (Wildman–Crippen MR) is 57.1 cm³/mol. The Kier molecular flexibility index (Phi) is 3.12. The van der Waals surface area contributed by atoms with Crippen molar-refractivity contribution in [2.75, 3.05) is 12.3 Å². The van der Waals surface area contributed by atoms with Crippen LogP contribution in [0.2, 0.25) is 0 Å². The number of hydrogen-bond acceptors (Lipinski definition) is 3. The fourth-order valence-electron chi connectivity index (χ4n) is 2.52. The maximum atomic E-state index is 11.5. The van der Waals surface area contributed by atoms with E-state index in [-0.39, 0.29) is 5.25 Å². The van der Waals surface area contributed by atoms with E-state index in [9.17, 15) is 8.42 Å². The molecule has 1 saturated carbocycles. The van der Waals surface area contributed by atoms with Gasteiger partial charge in [-0.25, -0.2) is 8.42 Å². The topological polar surface area (TPSA) is 46.2 Å². The van der Waals surface area contributed by atoms with Crippen LogP contribution in [0.15, 0.2) is 0 Å². The molecule has 14 heavy (non-hydrogen) atoms. The molecule has 2 aliphatic rings. The van der Waals surface area contributed by atoms with Gasteiger partial charge in [0.25, 0.3) is 0 Å². The molecule has 0 aromatic heterocycles. The summed E-state index contributed by atoms with van der Waals surface area (Å²) in [4.78, 5) is 0. The summed E-state index contributed by atoms with van der Waals surface area (Å²) in [5, 5.41) is 3.31. The van der Waals surface area contributed by atoms with Gasteiger partial charge >= 0.3 is 0 Å². The second-order valence-corrected chi connectivity index (χ2v) is 6.92. The van der Waals surface area contributed by atoms with Crippen LogP contribution in [0.3, 0.4) is 0 Å². The maximum absolute atomic E-state index is 11.5. The third-order valence-electron chi connectivity index (χ3n) is 3.45. The lowest BCUT2D eigenvalue weighted by atomic mass is 10.2. The first-order valence-electron chi connectivity index (χ1n) is 5.63. The highest BCUT2D eigenvalue weighted by atomic mass is 32.2. The SMILES string of the molecule is O=S1(=O)CCCC1CNC1CCCC1. The molecule has 0 radical (unpaired) electrons. The Balaban J connectivity index is 1.80. The van der Waals surface area contributed by atoms with Crippen LogP contribution < -0.4 is 5.32 Å². The van der Waals surface area contributed by atoms with Crippen molar-refractivity contribution in [2.45, 2.75) is 49.8 Å². The van der Waals surface area contributed by atoms with Crippen LogP contribution in [-0.4, -0.2) is 32.0 Å². The molecule has 1 aliphatic carbocycles. The second kappa shape index (κ2) is 4.19. The first-order chi connectivity index (χ1) is 6.68. The molecule has 1 heterocycles. The molecule has 0 aromatic rings. The third-order valence-corrected chi connectivity index (χ3v) is 5.73. The van der Waals surface area contributed by atoms with Crippen LogP contribution in [0.25, 0.3) is 0 Å². The van der Waals surface area contributed by atoms with Crippen LogP contribution in [-0.2, 0) is 9.84 Å². The van der Waals surface area contributed by atoms with Gasteiger partial charge in [-0.15, -0.1) is 0 Å². The van der Waals surface area contributed by atoms with Crippen molar-refractivity contribution in [2.24, 2.45) is 0 Å². The number of sulfone groups is 1. The molecule has 3 nitrogen and oxygen atoms in total. The van der Waals surface area contributed by atoms with E-state index in [1.807, 2.05) is 0 Å². The Hall–Kier alpha value is -0.0900. The van der Waals surface area contributed by atoms with Crippen molar-refractivity contribution in [3.8, 4) is 0 Å². The molecule has 82 valence electrons. The smallest absolute Gasteiger partial charge is 0.154 e. The molecule has 1 N–H and O–H groups in total. The summed E-state index contributed by atoms with van der Waals surface area (Å²) in [5.41, 5.74) is 0. The largest absolute Gasteiger partial charge is 0.313 e.